The van der Waals surface area contributed by atoms with Gasteiger partial charge in [0.1, 0.15) is 17.5 Å². The number of hydrogen-bond acceptors (Lipinski definition) is 13. The van der Waals surface area contributed by atoms with Gasteiger partial charge in [-0.25, -0.2) is 4.79 Å². The van der Waals surface area contributed by atoms with Gasteiger partial charge < -0.3 is 56.7 Å². The van der Waals surface area contributed by atoms with Gasteiger partial charge in [0.15, 0.2) is 0 Å². The van der Waals surface area contributed by atoms with E-state index in [0.717, 1.165) is 64.3 Å². The van der Waals surface area contributed by atoms with Gasteiger partial charge in [-0.15, -0.1) is 0 Å². The fraction of sp³-hybridized carbons (Fsp3) is 0.905. The summed E-state index contributed by atoms with van der Waals surface area (Å²) in [5.74, 6) is -2.48. The van der Waals surface area contributed by atoms with Gasteiger partial charge in [0, 0.05) is 30.4 Å². The van der Waals surface area contributed by atoms with Gasteiger partial charge in [-0.3, -0.25) is 4.79 Å². The summed E-state index contributed by atoms with van der Waals surface area (Å²) in [6.45, 7) is 6.71. The molecule has 19 unspecified atom stereocenters. The summed E-state index contributed by atoms with van der Waals surface area (Å²) in [6.07, 6.45) is 5.49. The number of fused-ring (bicyclic) bond motifs is 4. The van der Waals surface area contributed by atoms with Crippen molar-refractivity contribution in [3.05, 3.63) is 11.6 Å². The Kier molecular flexibility index (Phi) is 13.1. The van der Waals surface area contributed by atoms with E-state index in [0.29, 0.717) is 30.9 Å². The first-order valence-electron chi connectivity index (χ1n) is 21.6. The molecule has 7 fully saturated rings. The molecule has 2 bridgehead atoms. The molecule has 312 valence electrons. The second-order valence-corrected chi connectivity index (χ2v) is 18.8. The van der Waals surface area contributed by atoms with Crippen molar-refractivity contribution >= 4 is 11.8 Å². The van der Waals surface area contributed by atoms with Crippen LogP contribution in [0.1, 0.15) is 97.8 Å². The Bertz CT molecular complexity index is 1380. The SMILES string of the molecule is CC=C(C)C(=O)OC1CC2C(O)C3C(=O)CC(CO)OC3C3C2OC1(C)C(CC1CCC(N)NC1)CCC1C(N)NCCC1C3C(CO)C1CCCC(O)C1. The van der Waals surface area contributed by atoms with Crippen LogP contribution in [0.25, 0.3) is 0 Å². The number of piperidine rings is 2. The molecule has 13 heteroatoms. The van der Waals surface area contributed by atoms with Gasteiger partial charge in [0.2, 0.25) is 0 Å². The molecule has 10 N–H and O–H groups in total. The lowest BCUT2D eigenvalue weighted by atomic mass is 9.51. The molecule has 2 saturated carbocycles. The lowest BCUT2D eigenvalue weighted by Gasteiger charge is -2.63. The molecule has 19 atom stereocenters. The highest BCUT2D eigenvalue weighted by atomic mass is 16.6. The number of nitrogens with two attached hydrogens (primary N) is 2. The minimum Gasteiger partial charge on any atom is -0.456 e. The highest BCUT2D eigenvalue weighted by Gasteiger charge is 2.66. The second kappa shape index (κ2) is 17.4. The molecule has 5 heterocycles. The predicted molar refractivity (Wildman–Crippen MR) is 205 cm³/mol. The van der Waals surface area contributed by atoms with E-state index in [-0.39, 0.29) is 73.3 Å². The van der Waals surface area contributed by atoms with Crippen LogP contribution < -0.4 is 22.1 Å². The van der Waals surface area contributed by atoms with E-state index in [9.17, 15) is 30.0 Å². The zero-order valence-electron chi connectivity index (χ0n) is 33.3. The van der Waals surface area contributed by atoms with Crippen molar-refractivity contribution in [2.45, 2.75) is 152 Å². The Morgan fingerprint density at radius 1 is 1.02 bits per heavy atom. The molecular weight excluding hydrogens is 704 g/mol. The van der Waals surface area contributed by atoms with E-state index < -0.39 is 65.9 Å². The lowest BCUT2D eigenvalue weighted by molar-refractivity contribution is -0.309. The highest BCUT2D eigenvalue weighted by Crippen LogP contribution is 2.59. The summed E-state index contributed by atoms with van der Waals surface area (Å²) in [5.41, 5.74) is 12.9. The van der Waals surface area contributed by atoms with Crippen LogP contribution in [0.4, 0.5) is 0 Å². The smallest absolute Gasteiger partial charge is 0.333 e. The van der Waals surface area contributed by atoms with E-state index in [4.69, 9.17) is 25.7 Å². The van der Waals surface area contributed by atoms with Crippen LogP contribution >= 0.6 is 0 Å². The first-order valence-corrected chi connectivity index (χ1v) is 21.6. The van der Waals surface area contributed by atoms with Crippen LogP contribution in [-0.4, -0.2) is 113 Å². The number of aliphatic hydroxyl groups excluding tert-OH is 4. The quantitative estimate of drug-likeness (QED) is 0.130. The van der Waals surface area contributed by atoms with E-state index in [2.05, 4.69) is 17.6 Å². The average molecular weight is 775 g/mol. The third kappa shape index (κ3) is 8.10. The molecule has 5 saturated heterocycles. The Hall–Kier alpha value is -1.52. The van der Waals surface area contributed by atoms with Crippen molar-refractivity contribution in [1.82, 2.24) is 10.6 Å². The van der Waals surface area contributed by atoms with Crippen molar-refractivity contribution in [3.63, 3.8) is 0 Å². The summed E-state index contributed by atoms with van der Waals surface area (Å²) in [5, 5.41) is 52.4. The molecule has 7 aliphatic rings. The van der Waals surface area contributed by atoms with Crippen molar-refractivity contribution < 1.29 is 44.2 Å². The summed E-state index contributed by atoms with van der Waals surface area (Å²) in [7, 11) is 0. The summed E-state index contributed by atoms with van der Waals surface area (Å²) >= 11 is 0. The number of Topliss-reactive ketones (excluding diaryl/α,β-unsaturated/α-hetero) is 1. The Morgan fingerprint density at radius 3 is 2.51 bits per heavy atom. The molecule has 0 aromatic heterocycles. The van der Waals surface area contributed by atoms with Gasteiger partial charge >= 0.3 is 5.97 Å². The van der Waals surface area contributed by atoms with Gasteiger partial charge in [0.25, 0.3) is 0 Å². The standard InChI is InChI=1S/C42H70N4O9/c1-4-21(2)41(52)54-32-17-29-37(51)35-31(50)16-26(19-47)53-39(35)36-34(30(20-48)23-6-5-7-25(49)15-23)27-12-13-45-40(44)28(27)10-9-24(42(32,3)55-38(29)36)14-22-8-11-33(43)46-18-22/h4,22-30,32-40,45-49,51H,5-20,43-44H2,1-3H3. The van der Waals surface area contributed by atoms with Crippen molar-refractivity contribution in [1.29, 1.82) is 0 Å². The van der Waals surface area contributed by atoms with E-state index in [1.165, 1.54) is 0 Å². The number of esters is 1. The third-order valence-electron chi connectivity index (χ3n) is 15.9. The fourth-order valence-corrected chi connectivity index (χ4v) is 12.8. The summed E-state index contributed by atoms with van der Waals surface area (Å²) in [4.78, 5) is 27.9. The largest absolute Gasteiger partial charge is 0.456 e. The molecule has 0 radical (unpaired) electrons. The van der Waals surface area contributed by atoms with E-state index >= 15 is 0 Å². The van der Waals surface area contributed by atoms with Crippen molar-refractivity contribution in [2.24, 2.45) is 70.6 Å². The molecule has 0 aromatic rings. The van der Waals surface area contributed by atoms with Gasteiger partial charge in [-0.05, 0) is 139 Å². The zero-order chi connectivity index (χ0) is 39.2. The topological polar surface area (TPSA) is 219 Å². The molecule has 0 aromatic carbocycles. The summed E-state index contributed by atoms with van der Waals surface area (Å²) < 4.78 is 20.9. The first kappa shape index (κ1) is 41.6. The number of hydrogen-bond donors (Lipinski definition) is 8. The maximum absolute atomic E-state index is 14.2. The van der Waals surface area contributed by atoms with E-state index in [1.807, 2.05) is 6.92 Å². The number of nitrogens with one attached hydrogen (secondary N) is 2. The predicted octanol–water partition coefficient (Wildman–Crippen LogP) is 1.72. The number of aliphatic hydroxyl groups is 4. The molecule has 13 nitrogen and oxygen atoms in total. The Balaban J connectivity index is 1.39. The maximum atomic E-state index is 14.2. The van der Waals surface area contributed by atoms with Crippen LogP contribution in [0, 0.1) is 59.2 Å². The van der Waals surface area contributed by atoms with Crippen LogP contribution in [0.5, 0.6) is 0 Å². The molecule has 55 heavy (non-hydrogen) atoms. The fourth-order valence-electron chi connectivity index (χ4n) is 12.8. The average Bonchev–Trinajstić information content (AvgIpc) is 3.16. The Morgan fingerprint density at radius 2 is 1.82 bits per heavy atom. The minimum absolute atomic E-state index is 0.00122. The molecule has 2 aliphatic carbocycles. The van der Waals surface area contributed by atoms with Gasteiger partial charge in [-0.1, -0.05) is 12.5 Å². The number of carbonyl (C=O) groups excluding carboxylic acids is 2. The monoisotopic (exact) mass is 775 g/mol. The number of rotatable bonds is 8. The molecule has 0 spiro atoms. The molecule has 7 rings (SSSR count). The normalized spacial score (nSPS) is 48.6. The molecular formula is C42H70N4O9. The maximum Gasteiger partial charge on any atom is 0.333 e. The Labute approximate surface area is 327 Å². The molecule has 0 amide bonds. The number of ether oxygens (including phenoxy) is 3. The number of ketones is 1. The van der Waals surface area contributed by atoms with Gasteiger partial charge in [-0.2, -0.15) is 0 Å². The van der Waals surface area contributed by atoms with Crippen LogP contribution in [-0.2, 0) is 23.8 Å². The van der Waals surface area contributed by atoms with Crippen LogP contribution in [0.15, 0.2) is 11.6 Å². The molecule has 5 aliphatic heterocycles. The van der Waals surface area contributed by atoms with Crippen molar-refractivity contribution in [2.75, 3.05) is 26.3 Å². The third-order valence-corrected chi connectivity index (χ3v) is 15.9. The zero-order valence-corrected chi connectivity index (χ0v) is 33.3. The van der Waals surface area contributed by atoms with Crippen LogP contribution in [0.3, 0.4) is 0 Å². The highest BCUT2D eigenvalue weighted by molar-refractivity contribution is 5.87. The first-order chi connectivity index (χ1) is 26.4. The van der Waals surface area contributed by atoms with Crippen molar-refractivity contribution in [3.8, 4) is 0 Å². The lowest BCUT2D eigenvalue weighted by Crippen LogP contribution is -2.71. The summed E-state index contributed by atoms with van der Waals surface area (Å²) in [6, 6.07) is 0. The van der Waals surface area contributed by atoms with E-state index in [1.54, 1.807) is 13.0 Å². The van der Waals surface area contributed by atoms with Crippen LogP contribution in [0.2, 0.25) is 0 Å². The number of allylic oxidation sites excluding steroid dienone is 1. The second-order valence-electron chi connectivity index (χ2n) is 18.8. The number of carbonyl (C=O) groups is 2. The minimum atomic E-state index is -1.12. The van der Waals surface area contributed by atoms with Gasteiger partial charge in [0.05, 0.1) is 55.4 Å².